The molecule has 1 unspecified atom stereocenters. The molecule has 0 saturated carbocycles. The van der Waals surface area contributed by atoms with E-state index in [2.05, 4.69) is 23.1 Å². The van der Waals surface area contributed by atoms with Crippen LogP contribution in [0.15, 0.2) is 53.4 Å². The summed E-state index contributed by atoms with van der Waals surface area (Å²) in [6.45, 7) is 2.72. The Bertz CT molecular complexity index is 888. The maximum atomic E-state index is 13.1. The van der Waals surface area contributed by atoms with Crippen LogP contribution >= 0.6 is 23.1 Å². The summed E-state index contributed by atoms with van der Waals surface area (Å²) in [4.78, 5) is 21.3. The number of aromatic nitrogens is 1. The maximum Gasteiger partial charge on any atom is 0.168 e. The summed E-state index contributed by atoms with van der Waals surface area (Å²) in [5.74, 6) is 0.385. The highest BCUT2D eigenvalue weighted by Gasteiger charge is 2.28. The Hall–Kier alpha value is -1.69. The van der Waals surface area contributed by atoms with Crippen molar-refractivity contribution in [3.05, 3.63) is 59.1 Å². The molecule has 0 aliphatic carbocycles. The van der Waals surface area contributed by atoms with Crippen LogP contribution in [0.1, 0.15) is 28.2 Å². The fourth-order valence-corrected chi connectivity index (χ4v) is 5.27. The Morgan fingerprint density at radius 3 is 2.88 bits per heavy atom. The molecular formula is C21H22N2OS2. The van der Waals surface area contributed by atoms with E-state index in [9.17, 15) is 4.79 Å². The molecular weight excluding hydrogens is 360 g/mol. The highest BCUT2D eigenvalue weighted by Crippen LogP contribution is 2.28. The molecule has 5 heteroatoms. The van der Waals surface area contributed by atoms with Gasteiger partial charge in [0, 0.05) is 22.9 Å². The van der Waals surface area contributed by atoms with Crippen LogP contribution in [0.2, 0.25) is 0 Å². The first-order chi connectivity index (χ1) is 12.7. The van der Waals surface area contributed by atoms with Gasteiger partial charge in [-0.3, -0.25) is 9.69 Å². The molecule has 134 valence electrons. The summed E-state index contributed by atoms with van der Waals surface area (Å²) in [5.41, 5.74) is 1.96. The van der Waals surface area contributed by atoms with Gasteiger partial charge in [0.2, 0.25) is 0 Å². The molecule has 1 saturated heterocycles. The number of rotatable bonds is 5. The number of carbonyl (C=O) groups excluding carboxylic acids is 1. The van der Waals surface area contributed by atoms with Crippen LogP contribution in [0.25, 0.3) is 10.2 Å². The van der Waals surface area contributed by atoms with E-state index in [0.29, 0.717) is 5.78 Å². The summed E-state index contributed by atoms with van der Waals surface area (Å²) in [6.07, 6.45) is 4.09. The molecule has 26 heavy (non-hydrogen) atoms. The molecule has 0 radical (unpaired) electrons. The molecule has 2 heterocycles. The maximum absolute atomic E-state index is 13.1. The van der Waals surface area contributed by atoms with Crippen molar-refractivity contribution in [1.29, 1.82) is 0 Å². The van der Waals surface area contributed by atoms with E-state index in [1.54, 1.807) is 23.1 Å². The normalized spacial score (nSPS) is 18.3. The standard InChI is InChI=1S/C21H22N2OS2/c1-25-18-10-4-2-8-16(18)21(24)15-7-6-12-23(13-15)14-20-22-17-9-3-5-11-19(17)26-20/h2-5,8-11,15H,6-7,12-14H2,1H3. The van der Waals surface area contributed by atoms with Gasteiger partial charge in [0.25, 0.3) is 0 Å². The van der Waals surface area contributed by atoms with Crippen molar-refractivity contribution in [3.8, 4) is 0 Å². The Labute approximate surface area is 162 Å². The number of para-hydroxylation sites is 1. The van der Waals surface area contributed by atoms with Crippen molar-refractivity contribution >= 4 is 39.1 Å². The van der Waals surface area contributed by atoms with Crippen molar-refractivity contribution in [2.75, 3.05) is 19.3 Å². The van der Waals surface area contributed by atoms with Crippen molar-refractivity contribution < 1.29 is 4.79 Å². The van der Waals surface area contributed by atoms with Crippen LogP contribution in [0.5, 0.6) is 0 Å². The third kappa shape index (κ3) is 3.70. The van der Waals surface area contributed by atoms with Gasteiger partial charge in [0.05, 0.1) is 16.8 Å². The van der Waals surface area contributed by atoms with Gasteiger partial charge < -0.3 is 0 Å². The molecule has 1 aromatic heterocycles. The minimum absolute atomic E-state index is 0.0893. The lowest BCUT2D eigenvalue weighted by Crippen LogP contribution is -2.38. The number of likely N-dealkylation sites (tertiary alicyclic amines) is 1. The summed E-state index contributed by atoms with van der Waals surface area (Å²) in [5, 5.41) is 1.14. The summed E-state index contributed by atoms with van der Waals surface area (Å²) in [6, 6.07) is 16.3. The zero-order chi connectivity index (χ0) is 17.9. The van der Waals surface area contributed by atoms with Crippen molar-refractivity contribution in [1.82, 2.24) is 9.88 Å². The highest BCUT2D eigenvalue weighted by atomic mass is 32.2. The molecule has 1 fully saturated rings. The summed E-state index contributed by atoms with van der Waals surface area (Å²) >= 11 is 3.41. The first kappa shape index (κ1) is 17.7. The Morgan fingerprint density at radius 1 is 1.23 bits per heavy atom. The quantitative estimate of drug-likeness (QED) is 0.453. The van der Waals surface area contributed by atoms with Crippen LogP contribution in [0.3, 0.4) is 0 Å². The predicted molar refractivity (Wildman–Crippen MR) is 110 cm³/mol. The van der Waals surface area contributed by atoms with Crippen LogP contribution < -0.4 is 0 Å². The van der Waals surface area contributed by atoms with Gasteiger partial charge in [0.15, 0.2) is 5.78 Å². The first-order valence-corrected chi connectivity index (χ1v) is 11.0. The van der Waals surface area contributed by atoms with Gasteiger partial charge in [-0.05, 0) is 43.8 Å². The van der Waals surface area contributed by atoms with Crippen LogP contribution in [0, 0.1) is 5.92 Å². The molecule has 0 amide bonds. The second-order valence-electron chi connectivity index (χ2n) is 6.71. The Morgan fingerprint density at radius 2 is 2.04 bits per heavy atom. The smallest absolute Gasteiger partial charge is 0.168 e. The first-order valence-electron chi connectivity index (χ1n) is 8.98. The molecule has 3 aromatic rings. The molecule has 1 aliphatic heterocycles. The van der Waals surface area contributed by atoms with E-state index in [1.807, 2.05) is 36.6 Å². The lowest BCUT2D eigenvalue weighted by atomic mass is 9.90. The summed E-state index contributed by atoms with van der Waals surface area (Å²) < 4.78 is 1.24. The molecule has 1 aliphatic rings. The molecule has 3 nitrogen and oxygen atoms in total. The third-order valence-electron chi connectivity index (χ3n) is 4.95. The number of thiazole rings is 1. The van der Waals surface area contributed by atoms with E-state index < -0.39 is 0 Å². The van der Waals surface area contributed by atoms with Gasteiger partial charge in [0.1, 0.15) is 5.01 Å². The number of piperidine rings is 1. The second kappa shape index (κ2) is 7.91. The number of fused-ring (bicyclic) bond motifs is 1. The van der Waals surface area contributed by atoms with Gasteiger partial charge in [-0.1, -0.05) is 30.3 Å². The van der Waals surface area contributed by atoms with Crippen molar-refractivity contribution in [2.24, 2.45) is 5.92 Å². The largest absolute Gasteiger partial charge is 0.296 e. The van der Waals surface area contributed by atoms with Crippen LogP contribution in [0.4, 0.5) is 0 Å². The van der Waals surface area contributed by atoms with Gasteiger partial charge in [-0.15, -0.1) is 23.1 Å². The zero-order valence-electron chi connectivity index (χ0n) is 14.9. The molecule has 0 spiro atoms. The van der Waals surface area contributed by atoms with E-state index in [0.717, 1.165) is 53.5 Å². The number of hydrogen-bond donors (Lipinski definition) is 0. The van der Waals surface area contributed by atoms with E-state index in [1.165, 1.54) is 4.70 Å². The van der Waals surface area contributed by atoms with Crippen molar-refractivity contribution in [3.63, 3.8) is 0 Å². The molecule has 0 N–H and O–H groups in total. The molecule has 4 rings (SSSR count). The average molecular weight is 383 g/mol. The number of ketones is 1. The number of nitrogens with zero attached hydrogens (tertiary/aromatic N) is 2. The lowest BCUT2D eigenvalue weighted by Gasteiger charge is -2.31. The number of benzene rings is 2. The SMILES string of the molecule is CSc1ccccc1C(=O)C1CCCN(Cc2nc3ccccc3s2)C1. The Balaban J connectivity index is 1.47. The summed E-state index contributed by atoms with van der Waals surface area (Å²) in [7, 11) is 0. The van der Waals surface area contributed by atoms with Gasteiger partial charge in [-0.2, -0.15) is 0 Å². The number of thioether (sulfide) groups is 1. The van der Waals surface area contributed by atoms with Crippen LogP contribution in [-0.2, 0) is 6.54 Å². The predicted octanol–water partition coefficient (Wildman–Crippen LogP) is 5.11. The second-order valence-corrected chi connectivity index (χ2v) is 8.68. The van der Waals surface area contributed by atoms with E-state index >= 15 is 0 Å². The minimum atomic E-state index is 0.0893. The number of Topliss-reactive ketones (excluding diaryl/α,β-unsaturated/α-hetero) is 1. The Kier molecular flexibility index (Phi) is 5.38. The topological polar surface area (TPSA) is 33.2 Å². The average Bonchev–Trinajstić information content (AvgIpc) is 3.09. The monoisotopic (exact) mass is 382 g/mol. The molecule has 2 aromatic carbocycles. The third-order valence-corrected chi connectivity index (χ3v) is 6.76. The van der Waals surface area contributed by atoms with Gasteiger partial charge in [-0.25, -0.2) is 4.98 Å². The van der Waals surface area contributed by atoms with E-state index in [4.69, 9.17) is 4.98 Å². The zero-order valence-corrected chi connectivity index (χ0v) is 16.5. The molecule has 0 bridgehead atoms. The number of carbonyl (C=O) groups is 1. The van der Waals surface area contributed by atoms with Gasteiger partial charge >= 0.3 is 0 Å². The van der Waals surface area contributed by atoms with E-state index in [-0.39, 0.29) is 5.92 Å². The molecule has 1 atom stereocenters. The van der Waals surface area contributed by atoms with Crippen molar-refractivity contribution in [2.45, 2.75) is 24.3 Å². The number of hydrogen-bond acceptors (Lipinski definition) is 5. The van der Waals surface area contributed by atoms with Crippen LogP contribution in [-0.4, -0.2) is 35.0 Å². The fourth-order valence-electron chi connectivity index (χ4n) is 3.66. The highest BCUT2D eigenvalue weighted by molar-refractivity contribution is 7.98. The lowest BCUT2D eigenvalue weighted by molar-refractivity contribution is 0.0808. The fraction of sp³-hybridized carbons (Fsp3) is 0.333. The minimum Gasteiger partial charge on any atom is -0.296 e.